The predicted octanol–water partition coefficient (Wildman–Crippen LogP) is 3.28. The molecule has 4 rings (SSSR count). The number of imidazole rings is 1. The smallest absolute Gasteiger partial charge is 0.195 e. The van der Waals surface area contributed by atoms with E-state index in [1.807, 2.05) is 48.8 Å². The number of aliphatic imine (C=N–C) groups is 1. The summed E-state index contributed by atoms with van der Waals surface area (Å²) in [5.41, 5.74) is 2.12. The number of hydrogen-bond acceptors (Lipinski definition) is 4. The van der Waals surface area contributed by atoms with Gasteiger partial charge in [-0.3, -0.25) is 4.99 Å². The van der Waals surface area contributed by atoms with Crippen LogP contribution in [0.25, 0.3) is 0 Å². The van der Waals surface area contributed by atoms with Crippen LogP contribution in [0.2, 0.25) is 0 Å². The van der Waals surface area contributed by atoms with Gasteiger partial charge in [-0.2, -0.15) is 0 Å². The molecule has 1 aromatic heterocycles. The Labute approximate surface area is 170 Å². The first-order valence-electron chi connectivity index (χ1n) is 9.73. The number of rotatable bonds is 5. The molecule has 0 unspecified atom stereocenters. The molecule has 1 aliphatic heterocycles. The van der Waals surface area contributed by atoms with Crippen LogP contribution in [0.3, 0.4) is 0 Å². The SMILES string of the molecule is CN=C(NCc1nccn1Cc1ccccc1)Nc1ccc2c(c1)OCCCO2. The average molecular weight is 391 g/mol. The van der Waals surface area contributed by atoms with Gasteiger partial charge in [0, 0.05) is 44.2 Å². The van der Waals surface area contributed by atoms with E-state index in [1.54, 1.807) is 7.05 Å². The lowest BCUT2D eigenvalue weighted by Crippen LogP contribution is -2.31. The molecule has 2 aromatic carbocycles. The summed E-state index contributed by atoms with van der Waals surface area (Å²) >= 11 is 0. The van der Waals surface area contributed by atoms with Gasteiger partial charge in [0.25, 0.3) is 0 Å². The summed E-state index contributed by atoms with van der Waals surface area (Å²) in [6, 6.07) is 16.2. The lowest BCUT2D eigenvalue weighted by molar-refractivity contribution is 0.297. The molecule has 0 saturated heterocycles. The predicted molar refractivity (Wildman–Crippen MR) is 114 cm³/mol. The molecule has 7 nitrogen and oxygen atoms in total. The largest absolute Gasteiger partial charge is 0.490 e. The molecular formula is C22H25N5O2. The second kappa shape index (κ2) is 9.14. The Bertz CT molecular complexity index is 968. The number of nitrogens with one attached hydrogen (secondary N) is 2. The van der Waals surface area contributed by atoms with Crippen molar-refractivity contribution in [1.82, 2.24) is 14.9 Å². The Kier molecular flexibility index (Phi) is 5.95. The van der Waals surface area contributed by atoms with Crippen LogP contribution >= 0.6 is 0 Å². The second-order valence-electron chi connectivity index (χ2n) is 6.72. The van der Waals surface area contributed by atoms with E-state index in [2.05, 4.69) is 37.3 Å². The Morgan fingerprint density at radius 2 is 1.93 bits per heavy atom. The van der Waals surface area contributed by atoms with E-state index < -0.39 is 0 Å². The second-order valence-corrected chi connectivity index (χ2v) is 6.72. The highest BCUT2D eigenvalue weighted by atomic mass is 16.5. The molecular weight excluding hydrogens is 366 g/mol. The lowest BCUT2D eigenvalue weighted by atomic mass is 10.2. The van der Waals surface area contributed by atoms with Crippen molar-refractivity contribution in [3.63, 3.8) is 0 Å². The zero-order valence-corrected chi connectivity index (χ0v) is 16.5. The maximum atomic E-state index is 5.76. The molecule has 0 amide bonds. The van der Waals surface area contributed by atoms with Crippen molar-refractivity contribution in [2.24, 2.45) is 4.99 Å². The van der Waals surface area contributed by atoms with Crippen molar-refractivity contribution in [1.29, 1.82) is 0 Å². The van der Waals surface area contributed by atoms with E-state index in [4.69, 9.17) is 9.47 Å². The number of aromatic nitrogens is 2. The average Bonchev–Trinajstić information content (AvgIpc) is 3.05. The minimum atomic E-state index is 0.560. The Hall–Kier alpha value is -3.48. The van der Waals surface area contributed by atoms with Crippen molar-refractivity contribution < 1.29 is 9.47 Å². The van der Waals surface area contributed by atoms with Gasteiger partial charge in [-0.05, 0) is 17.7 Å². The summed E-state index contributed by atoms with van der Waals surface area (Å²) in [5, 5.41) is 6.62. The maximum Gasteiger partial charge on any atom is 0.195 e. The van der Waals surface area contributed by atoms with E-state index in [-0.39, 0.29) is 0 Å². The molecule has 0 bridgehead atoms. The third-order valence-corrected chi connectivity index (χ3v) is 4.65. The van der Waals surface area contributed by atoms with Crippen LogP contribution in [0, 0.1) is 0 Å². The van der Waals surface area contributed by atoms with Crippen LogP contribution in [0.4, 0.5) is 5.69 Å². The monoisotopic (exact) mass is 391 g/mol. The van der Waals surface area contributed by atoms with Crippen LogP contribution < -0.4 is 20.1 Å². The molecule has 29 heavy (non-hydrogen) atoms. The standard InChI is InChI=1S/C22H25N5O2/c1-23-22(26-18-8-9-19-20(14-18)29-13-5-12-28-19)25-15-21-24-10-11-27(21)16-17-6-3-2-4-7-17/h2-4,6-11,14H,5,12-13,15-16H2,1H3,(H2,23,25,26). The normalized spacial score (nSPS) is 13.6. The number of guanidine groups is 1. The Morgan fingerprint density at radius 3 is 2.76 bits per heavy atom. The van der Waals surface area contributed by atoms with E-state index in [0.29, 0.717) is 25.7 Å². The quantitative estimate of drug-likeness (QED) is 0.516. The van der Waals surface area contributed by atoms with Crippen LogP contribution in [-0.4, -0.2) is 35.8 Å². The number of benzene rings is 2. The minimum Gasteiger partial charge on any atom is -0.490 e. The van der Waals surface area contributed by atoms with Gasteiger partial charge in [0.05, 0.1) is 19.8 Å². The summed E-state index contributed by atoms with van der Waals surface area (Å²) in [5.74, 6) is 3.13. The first-order chi connectivity index (χ1) is 14.3. The molecule has 1 aliphatic rings. The van der Waals surface area contributed by atoms with E-state index >= 15 is 0 Å². The summed E-state index contributed by atoms with van der Waals surface area (Å²) < 4.78 is 13.6. The summed E-state index contributed by atoms with van der Waals surface area (Å²) in [6.45, 7) is 2.68. The fourth-order valence-corrected chi connectivity index (χ4v) is 3.15. The highest BCUT2D eigenvalue weighted by Crippen LogP contribution is 2.32. The van der Waals surface area contributed by atoms with Gasteiger partial charge in [-0.1, -0.05) is 30.3 Å². The number of anilines is 1. The number of fused-ring (bicyclic) bond motifs is 1. The van der Waals surface area contributed by atoms with Crippen LogP contribution in [0.5, 0.6) is 11.5 Å². The van der Waals surface area contributed by atoms with E-state index in [0.717, 1.165) is 36.0 Å². The van der Waals surface area contributed by atoms with Crippen molar-refractivity contribution >= 4 is 11.6 Å². The first kappa shape index (κ1) is 18.9. The van der Waals surface area contributed by atoms with Crippen LogP contribution in [0.1, 0.15) is 17.8 Å². The van der Waals surface area contributed by atoms with Crippen molar-refractivity contribution in [3.8, 4) is 11.5 Å². The summed E-state index contributed by atoms with van der Waals surface area (Å²) in [4.78, 5) is 8.79. The molecule has 0 radical (unpaired) electrons. The molecule has 0 saturated carbocycles. The van der Waals surface area contributed by atoms with Gasteiger partial charge in [0.1, 0.15) is 5.82 Å². The Morgan fingerprint density at radius 1 is 1.10 bits per heavy atom. The molecule has 3 aromatic rings. The highest BCUT2D eigenvalue weighted by Gasteiger charge is 2.12. The molecule has 0 fully saturated rings. The molecule has 0 spiro atoms. The van der Waals surface area contributed by atoms with Gasteiger partial charge >= 0.3 is 0 Å². The van der Waals surface area contributed by atoms with Crippen molar-refractivity contribution in [2.45, 2.75) is 19.5 Å². The minimum absolute atomic E-state index is 0.560. The van der Waals surface area contributed by atoms with E-state index in [1.165, 1.54) is 5.56 Å². The highest BCUT2D eigenvalue weighted by molar-refractivity contribution is 5.93. The van der Waals surface area contributed by atoms with Crippen LogP contribution in [-0.2, 0) is 13.1 Å². The van der Waals surface area contributed by atoms with Gasteiger partial charge in [-0.25, -0.2) is 4.98 Å². The molecule has 0 aliphatic carbocycles. The molecule has 7 heteroatoms. The van der Waals surface area contributed by atoms with Gasteiger partial charge in [0.2, 0.25) is 0 Å². The zero-order valence-electron chi connectivity index (χ0n) is 16.5. The third kappa shape index (κ3) is 4.87. The van der Waals surface area contributed by atoms with Gasteiger partial charge in [-0.15, -0.1) is 0 Å². The van der Waals surface area contributed by atoms with E-state index in [9.17, 15) is 0 Å². The molecule has 0 atom stereocenters. The maximum absolute atomic E-state index is 5.76. The number of nitrogens with zero attached hydrogens (tertiary/aromatic N) is 3. The summed E-state index contributed by atoms with van der Waals surface area (Å²) in [6.07, 6.45) is 4.69. The number of ether oxygens (including phenoxy) is 2. The molecule has 150 valence electrons. The third-order valence-electron chi connectivity index (χ3n) is 4.65. The fourth-order valence-electron chi connectivity index (χ4n) is 3.15. The number of hydrogen-bond donors (Lipinski definition) is 2. The molecule has 2 N–H and O–H groups in total. The van der Waals surface area contributed by atoms with Crippen molar-refractivity contribution in [2.75, 3.05) is 25.6 Å². The van der Waals surface area contributed by atoms with Gasteiger partial charge < -0.3 is 24.7 Å². The fraction of sp³-hybridized carbons (Fsp3) is 0.273. The molecule has 2 heterocycles. The topological polar surface area (TPSA) is 72.7 Å². The van der Waals surface area contributed by atoms with Crippen molar-refractivity contribution in [3.05, 3.63) is 72.3 Å². The van der Waals surface area contributed by atoms with Crippen LogP contribution in [0.15, 0.2) is 65.9 Å². The van der Waals surface area contributed by atoms with Gasteiger partial charge in [0.15, 0.2) is 17.5 Å². The first-order valence-corrected chi connectivity index (χ1v) is 9.73. The lowest BCUT2D eigenvalue weighted by Gasteiger charge is -2.14. The Balaban J connectivity index is 1.38. The zero-order chi connectivity index (χ0) is 19.9. The summed E-state index contributed by atoms with van der Waals surface area (Å²) in [7, 11) is 1.74.